The van der Waals surface area contributed by atoms with Crippen molar-refractivity contribution in [2.24, 2.45) is 0 Å². The molecule has 1 aromatic heterocycles. The molecule has 0 spiro atoms. The molecule has 0 radical (unpaired) electrons. The first kappa shape index (κ1) is 12.7. The van der Waals surface area contributed by atoms with E-state index in [1.165, 1.54) is 10.6 Å². The summed E-state index contributed by atoms with van der Waals surface area (Å²) >= 11 is 3.25. The Morgan fingerprint density at radius 3 is 2.81 bits per heavy atom. The first-order valence-corrected chi connectivity index (χ1v) is 5.62. The van der Waals surface area contributed by atoms with E-state index < -0.39 is 5.97 Å². The average Bonchev–Trinajstić information content (AvgIpc) is 2.23. The molecule has 1 rings (SSSR count). The molecule has 0 aromatic carbocycles. The molecule has 0 fully saturated rings. The molecule has 0 saturated heterocycles. The van der Waals surface area contributed by atoms with Crippen LogP contribution in [0.25, 0.3) is 0 Å². The first-order chi connectivity index (χ1) is 7.54. The Bertz CT molecular complexity index is 476. The second-order valence-electron chi connectivity index (χ2n) is 3.23. The van der Waals surface area contributed by atoms with E-state index in [2.05, 4.69) is 15.9 Å². The van der Waals surface area contributed by atoms with Crippen LogP contribution in [0.4, 0.5) is 0 Å². The van der Waals surface area contributed by atoms with Gasteiger partial charge in [0.25, 0.3) is 5.56 Å². The minimum absolute atomic E-state index is 0.153. The van der Waals surface area contributed by atoms with Gasteiger partial charge in [-0.15, -0.1) is 0 Å². The third-order valence-electron chi connectivity index (χ3n) is 2.14. The highest BCUT2D eigenvalue weighted by Gasteiger charge is 2.03. The molecule has 4 nitrogen and oxygen atoms in total. The Hall–Kier alpha value is -1.36. The maximum Gasteiger partial charge on any atom is 0.331 e. The summed E-state index contributed by atoms with van der Waals surface area (Å²) in [6.07, 6.45) is 3.63. The number of allylic oxidation sites excluding steroid dienone is 1. The van der Waals surface area contributed by atoms with Gasteiger partial charge in [-0.05, 0) is 28.4 Å². The third kappa shape index (κ3) is 3.34. The van der Waals surface area contributed by atoms with Crippen molar-refractivity contribution in [3.8, 4) is 0 Å². The maximum atomic E-state index is 11.4. The fourth-order valence-electron chi connectivity index (χ4n) is 1.24. The van der Waals surface area contributed by atoms with Gasteiger partial charge in [-0.2, -0.15) is 0 Å². The van der Waals surface area contributed by atoms with Crippen LogP contribution in [0.2, 0.25) is 0 Å². The van der Waals surface area contributed by atoms with Crippen molar-refractivity contribution in [2.45, 2.75) is 19.9 Å². The van der Waals surface area contributed by atoms with E-state index >= 15 is 0 Å². The summed E-state index contributed by atoms with van der Waals surface area (Å²) in [5, 5.41) is 8.81. The van der Waals surface area contributed by atoms with Crippen LogP contribution in [0.15, 0.2) is 39.2 Å². The molecule has 16 heavy (non-hydrogen) atoms. The van der Waals surface area contributed by atoms with Crippen molar-refractivity contribution in [3.05, 3.63) is 44.8 Å². The maximum absolute atomic E-state index is 11.4. The predicted octanol–water partition coefficient (Wildman–Crippen LogP) is 2.03. The van der Waals surface area contributed by atoms with Gasteiger partial charge < -0.3 is 9.67 Å². The molecule has 0 saturated carbocycles. The number of hydrogen-bond acceptors (Lipinski definition) is 2. The largest absolute Gasteiger partial charge is 0.478 e. The zero-order valence-electron chi connectivity index (χ0n) is 8.81. The Labute approximate surface area is 101 Å². The molecule has 0 bridgehead atoms. The number of carbonyl (C=O) groups is 1. The van der Waals surface area contributed by atoms with E-state index in [4.69, 9.17) is 5.11 Å². The molecule has 5 heteroatoms. The molecule has 1 aromatic rings. The van der Waals surface area contributed by atoms with Crippen molar-refractivity contribution in [1.29, 1.82) is 0 Å². The lowest BCUT2D eigenvalue weighted by Crippen LogP contribution is -2.17. The van der Waals surface area contributed by atoms with Crippen molar-refractivity contribution >= 4 is 21.9 Å². The smallest absolute Gasteiger partial charge is 0.331 e. The minimum atomic E-state index is -0.939. The van der Waals surface area contributed by atoms with Crippen LogP contribution >= 0.6 is 15.9 Å². The number of halogens is 1. The van der Waals surface area contributed by atoms with Gasteiger partial charge >= 0.3 is 5.97 Å². The minimum Gasteiger partial charge on any atom is -0.478 e. The Kier molecular flexibility index (Phi) is 4.49. The standard InChI is InChI=1S/C11H12BrNO3/c1-2-8(11(15)16)5-6-13-7-9(12)3-4-10(13)14/h3-5,7H,2,6H2,1H3,(H,15,16). The van der Waals surface area contributed by atoms with Gasteiger partial charge in [0.1, 0.15) is 0 Å². The summed E-state index contributed by atoms with van der Waals surface area (Å²) in [5.74, 6) is -0.939. The fourth-order valence-corrected chi connectivity index (χ4v) is 1.62. The number of rotatable bonds is 4. The lowest BCUT2D eigenvalue weighted by Gasteiger charge is -2.03. The molecule has 1 heterocycles. The second kappa shape index (κ2) is 5.65. The van der Waals surface area contributed by atoms with Crippen LogP contribution in [0.5, 0.6) is 0 Å². The van der Waals surface area contributed by atoms with Gasteiger partial charge in [0, 0.05) is 28.9 Å². The van der Waals surface area contributed by atoms with E-state index in [1.54, 1.807) is 25.3 Å². The van der Waals surface area contributed by atoms with E-state index in [9.17, 15) is 9.59 Å². The highest BCUT2D eigenvalue weighted by atomic mass is 79.9. The molecule has 0 atom stereocenters. The molecular formula is C11H12BrNO3. The summed E-state index contributed by atoms with van der Waals surface area (Å²) in [6, 6.07) is 3.09. The number of pyridine rings is 1. The van der Waals surface area contributed by atoms with Crippen molar-refractivity contribution in [3.63, 3.8) is 0 Å². The predicted molar refractivity (Wildman–Crippen MR) is 64.4 cm³/mol. The molecule has 0 aliphatic carbocycles. The quantitative estimate of drug-likeness (QED) is 0.862. The zero-order valence-corrected chi connectivity index (χ0v) is 10.4. The Morgan fingerprint density at radius 1 is 1.56 bits per heavy atom. The van der Waals surface area contributed by atoms with Crippen LogP contribution < -0.4 is 5.56 Å². The SMILES string of the molecule is CCC(=CCn1cc(Br)ccc1=O)C(=O)O. The molecule has 0 aliphatic rings. The van der Waals surface area contributed by atoms with Gasteiger partial charge in [-0.1, -0.05) is 13.0 Å². The summed E-state index contributed by atoms with van der Waals surface area (Å²) in [6.45, 7) is 2.04. The first-order valence-electron chi connectivity index (χ1n) is 4.83. The summed E-state index contributed by atoms with van der Waals surface area (Å²) in [7, 11) is 0. The number of carboxylic acids is 1. The fraction of sp³-hybridized carbons (Fsp3) is 0.273. The number of carboxylic acid groups (broad SMARTS) is 1. The second-order valence-corrected chi connectivity index (χ2v) is 4.14. The van der Waals surface area contributed by atoms with E-state index in [0.717, 1.165) is 4.47 Å². The highest BCUT2D eigenvalue weighted by molar-refractivity contribution is 9.10. The molecule has 86 valence electrons. The topological polar surface area (TPSA) is 59.3 Å². The summed E-state index contributed by atoms with van der Waals surface area (Å²) < 4.78 is 2.23. The van der Waals surface area contributed by atoms with Gasteiger partial charge in [0.05, 0.1) is 0 Å². The molecular weight excluding hydrogens is 274 g/mol. The normalized spacial score (nSPS) is 11.5. The summed E-state index contributed by atoms with van der Waals surface area (Å²) in [4.78, 5) is 22.1. The average molecular weight is 286 g/mol. The summed E-state index contributed by atoms with van der Waals surface area (Å²) in [5.41, 5.74) is 0.159. The highest BCUT2D eigenvalue weighted by Crippen LogP contribution is 2.06. The lowest BCUT2D eigenvalue weighted by atomic mass is 10.2. The Morgan fingerprint density at radius 2 is 2.25 bits per heavy atom. The van der Waals surface area contributed by atoms with Gasteiger partial charge in [0.2, 0.25) is 0 Å². The molecule has 0 amide bonds. The molecule has 0 aliphatic heterocycles. The monoisotopic (exact) mass is 285 g/mol. The van der Waals surface area contributed by atoms with Crippen molar-refractivity contribution in [2.75, 3.05) is 0 Å². The van der Waals surface area contributed by atoms with E-state index in [-0.39, 0.29) is 12.1 Å². The number of nitrogens with zero attached hydrogens (tertiary/aromatic N) is 1. The van der Waals surface area contributed by atoms with Gasteiger partial charge in [0.15, 0.2) is 0 Å². The zero-order chi connectivity index (χ0) is 12.1. The van der Waals surface area contributed by atoms with E-state index in [1.807, 2.05) is 0 Å². The van der Waals surface area contributed by atoms with Crippen molar-refractivity contribution in [1.82, 2.24) is 4.57 Å². The van der Waals surface area contributed by atoms with Crippen LogP contribution in [-0.2, 0) is 11.3 Å². The van der Waals surface area contributed by atoms with E-state index in [0.29, 0.717) is 12.0 Å². The number of aliphatic carboxylic acids is 1. The lowest BCUT2D eigenvalue weighted by molar-refractivity contribution is -0.132. The van der Waals surface area contributed by atoms with Gasteiger partial charge in [-0.25, -0.2) is 4.79 Å². The Balaban J connectivity index is 2.93. The van der Waals surface area contributed by atoms with Crippen LogP contribution in [-0.4, -0.2) is 15.6 Å². The molecule has 0 unspecified atom stereocenters. The molecule has 1 N–H and O–H groups in total. The van der Waals surface area contributed by atoms with Gasteiger partial charge in [-0.3, -0.25) is 4.79 Å². The third-order valence-corrected chi connectivity index (χ3v) is 2.61. The van der Waals surface area contributed by atoms with Crippen LogP contribution in [0, 0.1) is 0 Å². The number of aromatic nitrogens is 1. The van der Waals surface area contributed by atoms with Crippen LogP contribution in [0.1, 0.15) is 13.3 Å². The van der Waals surface area contributed by atoms with Crippen molar-refractivity contribution < 1.29 is 9.90 Å². The number of hydrogen-bond donors (Lipinski definition) is 1. The van der Waals surface area contributed by atoms with Crippen LogP contribution in [0.3, 0.4) is 0 Å².